The van der Waals surface area contributed by atoms with Crippen LogP contribution in [0, 0.1) is 0 Å². The second-order valence-electron chi connectivity index (χ2n) is 5.62. The topological polar surface area (TPSA) is 38.3 Å². The molecule has 0 aliphatic heterocycles. The van der Waals surface area contributed by atoms with E-state index in [0.717, 1.165) is 0 Å². The molecule has 4 heteroatoms. The molecule has 2 unspecified atom stereocenters. The van der Waals surface area contributed by atoms with Crippen LogP contribution in [0.1, 0.15) is 46.5 Å². The van der Waals surface area contributed by atoms with E-state index in [2.05, 4.69) is 5.32 Å². The minimum absolute atomic E-state index is 0.0945. The van der Waals surface area contributed by atoms with Crippen molar-refractivity contribution in [2.45, 2.75) is 63.3 Å². The smallest absolute Gasteiger partial charge is 0.316 e. The number of thioether (sulfide) groups is 1. The van der Waals surface area contributed by atoms with Crippen molar-refractivity contribution in [3.8, 4) is 0 Å². The molecule has 1 aliphatic carbocycles. The lowest BCUT2D eigenvalue weighted by Crippen LogP contribution is -2.39. The van der Waals surface area contributed by atoms with Crippen LogP contribution in [0.15, 0.2) is 0 Å². The van der Waals surface area contributed by atoms with Crippen LogP contribution in [-0.2, 0) is 9.53 Å². The Morgan fingerprint density at radius 1 is 1.35 bits per heavy atom. The zero-order valence-electron chi connectivity index (χ0n) is 11.4. The molecule has 0 heterocycles. The number of esters is 1. The molecule has 0 spiro atoms. The lowest BCUT2D eigenvalue weighted by molar-refractivity contribution is -0.151. The molecule has 0 bridgehead atoms. The van der Waals surface area contributed by atoms with Gasteiger partial charge in [0.2, 0.25) is 0 Å². The lowest BCUT2D eigenvalue weighted by atomic mass is 9.95. The third-order valence-corrected chi connectivity index (χ3v) is 4.30. The SMILES string of the molecule is CNC1CCCCC1SCC(=O)OC(C)(C)C. The fourth-order valence-electron chi connectivity index (χ4n) is 2.17. The largest absolute Gasteiger partial charge is 0.459 e. The molecule has 1 N–H and O–H groups in total. The normalized spacial score (nSPS) is 25.6. The summed E-state index contributed by atoms with van der Waals surface area (Å²) in [4.78, 5) is 11.6. The number of nitrogens with one attached hydrogen (secondary N) is 1. The number of carbonyl (C=O) groups excluding carboxylic acids is 1. The van der Waals surface area contributed by atoms with E-state index in [-0.39, 0.29) is 11.6 Å². The highest BCUT2D eigenvalue weighted by Gasteiger charge is 2.25. The van der Waals surface area contributed by atoms with Crippen molar-refractivity contribution in [1.82, 2.24) is 5.32 Å². The highest BCUT2D eigenvalue weighted by molar-refractivity contribution is 8.00. The fraction of sp³-hybridized carbons (Fsp3) is 0.923. The van der Waals surface area contributed by atoms with Crippen molar-refractivity contribution in [3.05, 3.63) is 0 Å². The van der Waals surface area contributed by atoms with Crippen molar-refractivity contribution in [2.75, 3.05) is 12.8 Å². The van der Waals surface area contributed by atoms with Crippen LogP contribution in [0.4, 0.5) is 0 Å². The van der Waals surface area contributed by atoms with Crippen LogP contribution >= 0.6 is 11.8 Å². The maximum Gasteiger partial charge on any atom is 0.316 e. The summed E-state index contributed by atoms with van der Waals surface area (Å²) >= 11 is 1.74. The van der Waals surface area contributed by atoms with Gasteiger partial charge < -0.3 is 10.1 Å². The third-order valence-electron chi connectivity index (χ3n) is 2.91. The van der Waals surface area contributed by atoms with Gasteiger partial charge >= 0.3 is 5.97 Å². The van der Waals surface area contributed by atoms with Crippen LogP contribution < -0.4 is 5.32 Å². The Balaban J connectivity index is 2.31. The quantitative estimate of drug-likeness (QED) is 0.788. The number of hydrogen-bond acceptors (Lipinski definition) is 4. The summed E-state index contributed by atoms with van der Waals surface area (Å²) in [5, 5.41) is 3.91. The van der Waals surface area contributed by atoms with Gasteiger partial charge in [0.25, 0.3) is 0 Å². The molecule has 100 valence electrons. The van der Waals surface area contributed by atoms with Crippen molar-refractivity contribution >= 4 is 17.7 Å². The van der Waals surface area contributed by atoms with Gasteiger partial charge in [-0.05, 0) is 40.7 Å². The van der Waals surface area contributed by atoms with Gasteiger partial charge in [0, 0.05) is 11.3 Å². The van der Waals surface area contributed by atoms with Crippen molar-refractivity contribution in [1.29, 1.82) is 0 Å². The summed E-state index contributed by atoms with van der Waals surface area (Å²) in [5.41, 5.74) is -0.368. The Morgan fingerprint density at radius 3 is 2.59 bits per heavy atom. The first-order valence-corrected chi connectivity index (χ1v) is 7.48. The molecule has 0 aromatic rings. The highest BCUT2D eigenvalue weighted by atomic mass is 32.2. The van der Waals surface area contributed by atoms with E-state index in [4.69, 9.17) is 4.74 Å². The zero-order valence-corrected chi connectivity index (χ0v) is 12.2. The van der Waals surface area contributed by atoms with Gasteiger partial charge in [-0.25, -0.2) is 0 Å². The number of hydrogen-bond donors (Lipinski definition) is 1. The maximum atomic E-state index is 11.6. The molecule has 17 heavy (non-hydrogen) atoms. The first-order valence-electron chi connectivity index (χ1n) is 6.43. The standard InChI is InChI=1S/C13H25NO2S/c1-13(2,3)16-12(15)9-17-11-8-6-5-7-10(11)14-4/h10-11,14H,5-9H2,1-4H3. The average molecular weight is 259 g/mol. The second-order valence-corrected chi connectivity index (χ2v) is 6.84. The molecule has 0 amide bonds. The average Bonchev–Trinajstić information content (AvgIpc) is 2.24. The fourth-order valence-corrected chi connectivity index (χ4v) is 3.42. The Morgan fingerprint density at radius 2 is 2.00 bits per heavy atom. The molecule has 1 aliphatic rings. The second kappa shape index (κ2) is 6.64. The van der Waals surface area contributed by atoms with Crippen LogP contribution in [0.2, 0.25) is 0 Å². The molecule has 3 nitrogen and oxygen atoms in total. The van der Waals surface area contributed by atoms with E-state index in [1.54, 1.807) is 11.8 Å². The van der Waals surface area contributed by atoms with Crippen molar-refractivity contribution in [2.24, 2.45) is 0 Å². The van der Waals surface area contributed by atoms with Crippen LogP contribution in [0.25, 0.3) is 0 Å². The van der Waals surface area contributed by atoms with Gasteiger partial charge in [0.15, 0.2) is 0 Å². The minimum Gasteiger partial charge on any atom is -0.459 e. The molecule has 0 aromatic carbocycles. The number of carbonyl (C=O) groups is 1. The van der Waals surface area contributed by atoms with E-state index in [0.29, 0.717) is 17.0 Å². The Hall–Kier alpha value is -0.220. The molecule has 2 atom stereocenters. The molecular weight excluding hydrogens is 234 g/mol. The van der Waals surface area contributed by atoms with Crippen molar-refractivity contribution in [3.63, 3.8) is 0 Å². The molecule has 0 aromatic heterocycles. The van der Waals surface area contributed by atoms with Gasteiger partial charge in [0.1, 0.15) is 5.60 Å². The molecule has 1 fully saturated rings. The van der Waals surface area contributed by atoms with Gasteiger partial charge in [-0.15, -0.1) is 11.8 Å². The predicted octanol–water partition coefficient (Wildman–Crippen LogP) is 2.59. The van der Waals surface area contributed by atoms with Crippen LogP contribution in [0.5, 0.6) is 0 Å². The summed E-state index contributed by atoms with van der Waals surface area (Å²) < 4.78 is 5.32. The van der Waals surface area contributed by atoms with Crippen LogP contribution in [0.3, 0.4) is 0 Å². The lowest BCUT2D eigenvalue weighted by Gasteiger charge is -2.30. The first kappa shape index (κ1) is 14.8. The van der Waals surface area contributed by atoms with E-state index < -0.39 is 0 Å². The number of rotatable bonds is 4. The maximum absolute atomic E-state index is 11.6. The third kappa shape index (κ3) is 5.77. The molecule has 0 radical (unpaired) electrons. The van der Waals surface area contributed by atoms with E-state index >= 15 is 0 Å². The first-order chi connectivity index (χ1) is 7.92. The predicted molar refractivity (Wildman–Crippen MR) is 73.4 cm³/mol. The van der Waals surface area contributed by atoms with Gasteiger partial charge in [-0.1, -0.05) is 12.8 Å². The molecule has 1 saturated carbocycles. The Kier molecular flexibility index (Phi) is 5.80. The molecular formula is C13H25NO2S. The molecule has 1 rings (SSSR count). The summed E-state index contributed by atoms with van der Waals surface area (Å²) in [7, 11) is 2.01. The summed E-state index contributed by atoms with van der Waals surface area (Å²) in [6.07, 6.45) is 5.01. The summed E-state index contributed by atoms with van der Waals surface area (Å²) in [5.74, 6) is 0.378. The highest BCUT2D eigenvalue weighted by Crippen LogP contribution is 2.28. The summed E-state index contributed by atoms with van der Waals surface area (Å²) in [6, 6.07) is 0.552. The molecule has 0 saturated heterocycles. The van der Waals surface area contributed by atoms with Crippen molar-refractivity contribution < 1.29 is 9.53 Å². The summed E-state index contributed by atoms with van der Waals surface area (Å²) in [6.45, 7) is 5.73. The van der Waals surface area contributed by atoms with Gasteiger partial charge in [0.05, 0.1) is 5.75 Å². The van der Waals surface area contributed by atoms with Gasteiger partial charge in [-0.3, -0.25) is 4.79 Å². The Labute approximate surface area is 109 Å². The van der Waals surface area contributed by atoms with E-state index in [1.807, 2.05) is 27.8 Å². The zero-order chi connectivity index (χ0) is 12.9. The minimum atomic E-state index is -0.368. The number of ether oxygens (including phenoxy) is 1. The van der Waals surface area contributed by atoms with Crippen LogP contribution in [-0.4, -0.2) is 35.7 Å². The monoisotopic (exact) mass is 259 g/mol. The van der Waals surface area contributed by atoms with E-state index in [9.17, 15) is 4.79 Å². The van der Waals surface area contributed by atoms with E-state index in [1.165, 1.54) is 25.7 Å². The van der Waals surface area contributed by atoms with Gasteiger partial charge in [-0.2, -0.15) is 0 Å². The Bertz CT molecular complexity index is 250.